The number of fused-ring (bicyclic) bond motifs is 5. The second-order valence-electron chi connectivity index (χ2n) is 8.91. The molecule has 1 N–H and O–H groups in total. The van der Waals surface area contributed by atoms with Crippen molar-refractivity contribution in [3.8, 4) is 5.75 Å². The summed E-state index contributed by atoms with van der Waals surface area (Å²) in [5.41, 5.74) is 4.44. The van der Waals surface area contributed by atoms with Gasteiger partial charge in [0.25, 0.3) is 0 Å². The maximum atomic E-state index is 12.7. The van der Waals surface area contributed by atoms with E-state index in [4.69, 9.17) is 19.4 Å². The Morgan fingerprint density at radius 1 is 1.19 bits per heavy atom. The summed E-state index contributed by atoms with van der Waals surface area (Å²) in [6.45, 7) is 3.23. The van der Waals surface area contributed by atoms with E-state index in [0.29, 0.717) is 11.4 Å². The van der Waals surface area contributed by atoms with Gasteiger partial charge >= 0.3 is 0 Å². The number of benzene rings is 1. The third-order valence-electron chi connectivity index (χ3n) is 6.67. The van der Waals surface area contributed by atoms with Gasteiger partial charge in [-0.05, 0) is 48.9 Å². The highest BCUT2D eigenvalue weighted by Gasteiger charge is 2.26. The Balaban J connectivity index is 1.32. The first-order chi connectivity index (χ1) is 17.7. The minimum atomic E-state index is -0.0914. The summed E-state index contributed by atoms with van der Waals surface area (Å²) in [6, 6.07) is 7.35. The number of ether oxygens (including phenoxy) is 2. The average molecular weight is 522 g/mol. The van der Waals surface area contributed by atoms with Crippen LogP contribution in [0.2, 0.25) is 0 Å². The molecule has 1 fully saturated rings. The number of thiophene rings is 1. The highest BCUT2D eigenvalue weighted by atomic mass is 32.2. The lowest BCUT2D eigenvalue weighted by atomic mass is 9.90. The lowest BCUT2D eigenvalue weighted by molar-refractivity contribution is -0.113. The fourth-order valence-electron chi connectivity index (χ4n) is 4.99. The van der Waals surface area contributed by atoms with Crippen LogP contribution >= 0.6 is 23.1 Å². The van der Waals surface area contributed by atoms with Gasteiger partial charge < -0.3 is 19.7 Å². The fourth-order valence-corrected chi connectivity index (χ4v) is 7.02. The van der Waals surface area contributed by atoms with E-state index in [1.165, 1.54) is 41.1 Å². The zero-order chi connectivity index (χ0) is 24.5. The largest absolute Gasteiger partial charge is 0.497 e. The number of nitrogens with zero attached hydrogens (tertiary/aromatic N) is 4. The molecular weight excluding hydrogens is 494 g/mol. The van der Waals surface area contributed by atoms with Crippen molar-refractivity contribution in [3.63, 3.8) is 0 Å². The fraction of sp³-hybridized carbons (Fsp3) is 0.385. The molecule has 4 aromatic rings. The van der Waals surface area contributed by atoms with E-state index in [1.807, 2.05) is 18.2 Å². The molecule has 1 aromatic carbocycles. The van der Waals surface area contributed by atoms with Crippen molar-refractivity contribution < 1.29 is 14.3 Å². The molecule has 2 aliphatic rings. The van der Waals surface area contributed by atoms with E-state index >= 15 is 0 Å². The lowest BCUT2D eigenvalue weighted by Crippen LogP contribution is -2.37. The molecule has 4 heterocycles. The van der Waals surface area contributed by atoms with E-state index in [2.05, 4.69) is 15.2 Å². The minimum absolute atomic E-state index is 0.0914. The second kappa shape index (κ2) is 10.2. The van der Waals surface area contributed by atoms with E-state index in [-0.39, 0.29) is 11.7 Å². The van der Waals surface area contributed by atoms with Crippen LogP contribution in [0.25, 0.3) is 20.4 Å². The van der Waals surface area contributed by atoms with Gasteiger partial charge in [0.05, 0.1) is 36.3 Å². The van der Waals surface area contributed by atoms with Crippen molar-refractivity contribution in [2.24, 2.45) is 0 Å². The van der Waals surface area contributed by atoms with Crippen molar-refractivity contribution in [1.29, 1.82) is 0 Å². The van der Waals surface area contributed by atoms with E-state index in [1.54, 1.807) is 30.8 Å². The molecule has 0 saturated carbocycles. The minimum Gasteiger partial charge on any atom is -0.497 e. The molecule has 8 nitrogen and oxygen atoms in total. The Hall–Kier alpha value is -2.95. The van der Waals surface area contributed by atoms with Crippen LogP contribution in [-0.2, 0) is 22.4 Å². The molecule has 1 aliphatic heterocycles. The van der Waals surface area contributed by atoms with Crippen LogP contribution in [0.15, 0.2) is 35.6 Å². The molecule has 0 atom stereocenters. The van der Waals surface area contributed by atoms with Crippen LogP contribution in [-0.4, -0.2) is 60.0 Å². The number of carbonyl (C=O) groups is 1. The van der Waals surface area contributed by atoms with Crippen LogP contribution in [0.1, 0.15) is 24.0 Å². The quantitative estimate of drug-likeness (QED) is 0.289. The van der Waals surface area contributed by atoms with Gasteiger partial charge in [-0.2, -0.15) is 0 Å². The Bertz CT molecular complexity index is 1430. The van der Waals surface area contributed by atoms with Crippen LogP contribution in [0.3, 0.4) is 0 Å². The first-order valence-electron chi connectivity index (χ1n) is 12.2. The Morgan fingerprint density at radius 2 is 2.03 bits per heavy atom. The van der Waals surface area contributed by atoms with Gasteiger partial charge in [0.15, 0.2) is 0 Å². The normalized spacial score (nSPS) is 15.8. The van der Waals surface area contributed by atoms with Crippen LogP contribution in [0.5, 0.6) is 5.75 Å². The molecule has 0 radical (unpaired) electrons. The molecule has 1 amide bonds. The van der Waals surface area contributed by atoms with Gasteiger partial charge in [-0.15, -0.1) is 11.3 Å². The second-order valence-corrected chi connectivity index (χ2v) is 10.9. The predicted octanol–water partition coefficient (Wildman–Crippen LogP) is 4.69. The average Bonchev–Trinajstić information content (AvgIpc) is 3.31. The predicted molar refractivity (Wildman–Crippen MR) is 145 cm³/mol. The highest BCUT2D eigenvalue weighted by Crippen LogP contribution is 2.43. The molecular formula is C26H27N5O3S2. The zero-order valence-electron chi connectivity index (χ0n) is 20.1. The summed E-state index contributed by atoms with van der Waals surface area (Å²) in [7, 11) is 1.61. The van der Waals surface area contributed by atoms with Gasteiger partial charge in [-0.1, -0.05) is 17.8 Å². The van der Waals surface area contributed by atoms with E-state index in [9.17, 15) is 4.79 Å². The van der Waals surface area contributed by atoms with Crippen molar-refractivity contribution in [1.82, 2.24) is 15.0 Å². The number of hydrogen-bond donors (Lipinski definition) is 1. The van der Waals surface area contributed by atoms with Gasteiger partial charge in [-0.3, -0.25) is 4.79 Å². The number of carbonyl (C=O) groups excluding carboxylic acids is 1. The molecule has 0 bridgehead atoms. The maximum absolute atomic E-state index is 12.7. The summed E-state index contributed by atoms with van der Waals surface area (Å²) < 4.78 is 11.8. The number of pyridine rings is 1. The van der Waals surface area contributed by atoms with Crippen LogP contribution in [0, 0.1) is 0 Å². The first kappa shape index (κ1) is 23.4. The summed E-state index contributed by atoms with van der Waals surface area (Å²) in [5, 5.41) is 4.93. The van der Waals surface area contributed by atoms with Crippen LogP contribution < -0.4 is 15.0 Å². The summed E-state index contributed by atoms with van der Waals surface area (Å²) in [6.07, 6.45) is 6.09. The summed E-state index contributed by atoms with van der Waals surface area (Å²) >= 11 is 3.07. The molecule has 0 spiro atoms. The number of morpholine rings is 1. The molecule has 6 rings (SSSR count). The Kier molecular flexibility index (Phi) is 6.64. The number of amides is 1. The number of rotatable bonds is 6. The number of aromatic nitrogens is 3. The number of methoxy groups -OCH3 is 1. The standard InChI is InChI=1S/C26H27N5O3S2/c1-33-17-6-4-5-16(13-17)29-20(32)14-35-26-23-22(27-15-28-26)21-18-7-2-3-8-19(18)24(30-25(21)36-23)31-9-11-34-12-10-31/h4-6,13,15H,2-3,7-12,14H2,1H3,(H,29,32). The molecule has 36 heavy (non-hydrogen) atoms. The number of nitrogens with one attached hydrogen (secondary N) is 1. The SMILES string of the molecule is COc1cccc(NC(=O)CSc2ncnc3c2sc2nc(N4CCOCC4)c4c(c23)CCCC4)c1. The number of thioether (sulfide) groups is 1. The van der Waals surface area contributed by atoms with Gasteiger partial charge in [-0.25, -0.2) is 15.0 Å². The lowest BCUT2D eigenvalue weighted by Gasteiger charge is -2.31. The monoisotopic (exact) mass is 521 g/mol. The van der Waals surface area contributed by atoms with E-state index in [0.717, 1.165) is 65.0 Å². The molecule has 0 unspecified atom stereocenters. The number of aryl methyl sites for hydroxylation is 1. The summed E-state index contributed by atoms with van der Waals surface area (Å²) in [5.74, 6) is 1.98. The van der Waals surface area contributed by atoms with Crippen LogP contribution in [0.4, 0.5) is 11.5 Å². The summed E-state index contributed by atoms with van der Waals surface area (Å²) in [4.78, 5) is 30.5. The van der Waals surface area contributed by atoms with Crippen molar-refractivity contribution in [2.75, 3.05) is 49.4 Å². The van der Waals surface area contributed by atoms with Crippen molar-refractivity contribution in [3.05, 3.63) is 41.7 Å². The zero-order valence-corrected chi connectivity index (χ0v) is 21.7. The maximum Gasteiger partial charge on any atom is 0.234 e. The number of hydrogen-bond acceptors (Lipinski definition) is 9. The van der Waals surface area contributed by atoms with Crippen molar-refractivity contribution >= 4 is 60.9 Å². The molecule has 10 heteroatoms. The van der Waals surface area contributed by atoms with E-state index < -0.39 is 0 Å². The smallest absolute Gasteiger partial charge is 0.234 e. The Morgan fingerprint density at radius 3 is 2.86 bits per heavy atom. The number of anilines is 2. The molecule has 186 valence electrons. The Labute approximate surface area is 217 Å². The third-order valence-corrected chi connectivity index (χ3v) is 8.87. The third kappa shape index (κ3) is 4.49. The van der Waals surface area contributed by atoms with Gasteiger partial charge in [0, 0.05) is 30.2 Å². The van der Waals surface area contributed by atoms with Gasteiger partial charge in [0.1, 0.15) is 27.8 Å². The molecule has 3 aromatic heterocycles. The highest BCUT2D eigenvalue weighted by molar-refractivity contribution is 8.00. The van der Waals surface area contributed by atoms with Gasteiger partial charge in [0.2, 0.25) is 5.91 Å². The first-order valence-corrected chi connectivity index (χ1v) is 14.0. The molecule has 1 saturated heterocycles. The molecule has 1 aliphatic carbocycles. The van der Waals surface area contributed by atoms with Crippen molar-refractivity contribution in [2.45, 2.75) is 30.7 Å². The topological polar surface area (TPSA) is 89.5 Å².